The van der Waals surface area contributed by atoms with Crippen molar-refractivity contribution in [2.75, 3.05) is 0 Å². The predicted molar refractivity (Wildman–Crippen MR) is 55.1 cm³/mol. The van der Waals surface area contributed by atoms with Crippen molar-refractivity contribution in [1.82, 2.24) is 0 Å². The van der Waals surface area contributed by atoms with E-state index < -0.39 is 10.8 Å². The summed E-state index contributed by atoms with van der Waals surface area (Å²) in [5.41, 5.74) is 0. The van der Waals surface area contributed by atoms with Gasteiger partial charge >= 0.3 is 0 Å². The van der Waals surface area contributed by atoms with Crippen molar-refractivity contribution < 1.29 is 9.00 Å². The van der Waals surface area contributed by atoms with Crippen LogP contribution < -0.4 is 0 Å². The van der Waals surface area contributed by atoms with Gasteiger partial charge in [-0.15, -0.1) is 0 Å². The maximum atomic E-state index is 11.9. The molecule has 1 aliphatic rings. The van der Waals surface area contributed by atoms with Crippen LogP contribution in [-0.4, -0.2) is 20.5 Å². The molecule has 0 aliphatic heterocycles. The third-order valence-corrected chi connectivity index (χ3v) is 4.76. The molecule has 1 rings (SSSR count). The number of hydrogen-bond donors (Lipinski definition) is 0. The van der Waals surface area contributed by atoms with Gasteiger partial charge in [0.15, 0.2) is 0 Å². The molecule has 0 aromatic heterocycles. The van der Waals surface area contributed by atoms with Crippen LogP contribution in [0.5, 0.6) is 0 Å². The lowest BCUT2D eigenvalue weighted by atomic mass is 10.1. The van der Waals surface area contributed by atoms with Gasteiger partial charge in [-0.3, -0.25) is 4.21 Å². The predicted octanol–water partition coefficient (Wildman–Crippen LogP) is 1.90. The second kappa shape index (κ2) is 3.91. The SMILES string of the molecule is CC(C)(C)S(=O)[C@@H]1CC[C@H](C=O)C1. The number of carbonyl (C=O) groups is 1. The molecule has 1 unspecified atom stereocenters. The van der Waals surface area contributed by atoms with E-state index in [1.54, 1.807) is 0 Å². The minimum Gasteiger partial charge on any atom is -0.303 e. The summed E-state index contributed by atoms with van der Waals surface area (Å²) in [6.07, 6.45) is 3.72. The van der Waals surface area contributed by atoms with Crippen LogP contribution >= 0.6 is 0 Å². The highest BCUT2D eigenvalue weighted by Gasteiger charge is 2.33. The molecular formula is C10H18O2S. The summed E-state index contributed by atoms with van der Waals surface area (Å²) in [7, 11) is -0.794. The minimum absolute atomic E-state index is 0.136. The second-order valence-electron chi connectivity index (χ2n) is 4.74. The summed E-state index contributed by atoms with van der Waals surface area (Å²) in [5.74, 6) is 0.163. The molecule has 0 saturated heterocycles. The van der Waals surface area contributed by atoms with Crippen molar-refractivity contribution in [3.8, 4) is 0 Å². The minimum atomic E-state index is -0.794. The normalized spacial score (nSPS) is 31.6. The van der Waals surface area contributed by atoms with Crippen LogP contribution in [0.4, 0.5) is 0 Å². The summed E-state index contributed by atoms with van der Waals surface area (Å²) in [6, 6.07) is 0. The maximum absolute atomic E-state index is 11.9. The van der Waals surface area contributed by atoms with E-state index in [1.165, 1.54) is 0 Å². The molecule has 3 atom stereocenters. The van der Waals surface area contributed by atoms with Gasteiger partial charge in [0.2, 0.25) is 0 Å². The summed E-state index contributed by atoms with van der Waals surface area (Å²) in [5, 5.41) is 0.246. The number of hydrogen-bond acceptors (Lipinski definition) is 2. The largest absolute Gasteiger partial charge is 0.303 e. The molecule has 0 radical (unpaired) electrons. The Hall–Kier alpha value is -0.180. The van der Waals surface area contributed by atoms with Crippen molar-refractivity contribution in [2.24, 2.45) is 5.92 Å². The third kappa shape index (κ3) is 2.63. The molecule has 2 nitrogen and oxygen atoms in total. The highest BCUT2D eigenvalue weighted by molar-refractivity contribution is 7.87. The van der Waals surface area contributed by atoms with E-state index in [0.717, 1.165) is 25.5 Å². The number of rotatable bonds is 2. The molecule has 0 bridgehead atoms. The van der Waals surface area contributed by atoms with Crippen LogP contribution in [0.3, 0.4) is 0 Å². The van der Waals surface area contributed by atoms with E-state index in [-0.39, 0.29) is 15.9 Å². The fourth-order valence-electron chi connectivity index (χ4n) is 1.79. The first-order valence-electron chi connectivity index (χ1n) is 4.81. The van der Waals surface area contributed by atoms with Crippen LogP contribution in [0, 0.1) is 5.92 Å². The Morgan fingerprint density at radius 3 is 2.31 bits per heavy atom. The van der Waals surface area contributed by atoms with Crippen LogP contribution in [0.1, 0.15) is 40.0 Å². The van der Waals surface area contributed by atoms with Gasteiger partial charge in [-0.25, -0.2) is 0 Å². The van der Waals surface area contributed by atoms with Gasteiger partial charge in [-0.1, -0.05) is 0 Å². The molecule has 0 aromatic carbocycles. The van der Waals surface area contributed by atoms with Gasteiger partial charge < -0.3 is 4.79 Å². The lowest BCUT2D eigenvalue weighted by molar-refractivity contribution is -0.110. The molecule has 76 valence electrons. The summed E-state index contributed by atoms with van der Waals surface area (Å²) in [4.78, 5) is 10.5. The maximum Gasteiger partial charge on any atom is 0.123 e. The van der Waals surface area contributed by atoms with Crippen molar-refractivity contribution in [3.05, 3.63) is 0 Å². The average Bonchev–Trinajstić information content (AvgIpc) is 2.48. The van der Waals surface area contributed by atoms with Crippen molar-refractivity contribution in [2.45, 2.75) is 50.0 Å². The smallest absolute Gasteiger partial charge is 0.123 e. The van der Waals surface area contributed by atoms with Gasteiger partial charge in [0.25, 0.3) is 0 Å². The van der Waals surface area contributed by atoms with E-state index in [9.17, 15) is 9.00 Å². The lowest BCUT2D eigenvalue weighted by Gasteiger charge is -2.22. The fraction of sp³-hybridized carbons (Fsp3) is 0.900. The van der Waals surface area contributed by atoms with Gasteiger partial charge in [0, 0.05) is 26.7 Å². The Labute approximate surface area is 82.6 Å². The zero-order chi connectivity index (χ0) is 10.1. The second-order valence-corrected chi connectivity index (χ2v) is 7.23. The molecule has 1 fully saturated rings. The Balaban J connectivity index is 2.56. The molecule has 1 saturated carbocycles. The Morgan fingerprint density at radius 2 is 1.92 bits per heavy atom. The van der Waals surface area contributed by atoms with Crippen molar-refractivity contribution in [1.29, 1.82) is 0 Å². The Kier molecular flexibility index (Phi) is 3.28. The quantitative estimate of drug-likeness (QED) is 0.641. The van der Waals surface area contributed by atoms with E-state index in [0.29, 0.717) is 0 Å². The topological polar surface area (TPSA) is 34.1 Å². The molecule has 0 spiro atoms. The molecule has 3 heteroatoms. The highest BCUT2D eigenvalue weighted by Crippen LogP contribution is 2.31. The Bertz CT molecular complexity index is 217. The van der Waals surface area contributed by atoms with Crippen LogP contribution in [0.25, 0.3) is 0 Å². The third-order valence-electron chi connectivity index (χ3n) is 2.52. The van der Waals surface area contributed by atoms with Crippen LogP contribution in [-0.2, 0) is 15.6 Å². The average molecular weight is 202 g/mol. The highest BCUT2D eigenvalue weighted by atomic mass is 32.2. The summed E-state index contributed by atoms with van der Waals surface area (Å²) in [6.45, 7) is 5.99. The van der Waals surface area contributed by atoms with Gasteiger partial charge in [-0.05, 0) is 40.0 Å². The van der Waals surface area contributed by atoms with E-state index >= 15 is 0 Å². The lowest BCUT2D eigenvalue weighted by Crippen LogP contribution is -2.30. The molecule has 0 heterocycles. The van der Waals surface area contributed by atoms with Crippen LogP contribution in [0.2, 0.25) is 0 Å². The van der Waals surface area contributed by atoms with E-state index in [2.05, 4.69) is 0 Å². The molecular weight excluding hydrogens is 184 g/mol. The number of carbonyl (C=O) groups excluding carboxylic acids is 1. The molecule has 0 aromatic rings. The van der Waals surface area contributed by atoms with Gasteiger partial charge in [0.1, 0.15) is 6.29 Å². The molecule has 0 N–H and O–H groups in total. The Morgan fingerprint density at radius 1 is 1.31 bits per heavy atom. The van der Waals surface area contributed by atoms with Gasteiger partial charge in [0.05, 0.1) is 0 Å². The van der Waals surface area contributed by atoms with Crippen LogP contribution in [0.15, 0.2) is 0 Å². The monoisotopic (exact) mass is 202 g/mol. The van der Waals surface area contributed by atoms with Crippen molar-refractivity contribution >= 4 is 17.1 Å². The van der Waals surface area contributed by atoms with Crippen molar-refractivity contribution in [3.63, 3.8) is 0 Å². The summed E-state index contributed by atoms with van der Waals surface area (Å²) >= 11 is 0. The zero-order valence-corrected chi connectivity index (χ0v) is 9.39. The standard InChI is InChI=1S/C10H18O2S/c1-10(2,3)13(12)9-5-4-8(6-9)7-11/h7-9H,4-6H2,1-3H3/t8-,9+,13?/m0/s1. The molecule has 13 heavy (non-hydrogen) atoms. The zero-order valence-electron chi connectivity index (χ0n) is 8.58. The van der Waals surface area contributed by atoms with Gasteiger partial charge in [-0.2, -0.15) is 0 Å². The first-order valence-corrected chi connectivity index (χ1v) is 6.02. The number of aldehydes is 1. The summed E-state index contributed by atoms with van der Waals surface area (Å²) < 4.78 is 11.8. The first kappa shape index (κ1) is 10.9. The first-order chi connectivity index (χ1) is 5.95. The molecule has 1 aliphatic carbocycles. The fourth-order valence-corrected chi connectivity index (χ4v) is 3.56. The van der Waals surface area contributed by atoms with E-state index in [4.69, 9.17) is 0 Å². The van der Waals surface area contributed by atoms with E-state index in [1.807, 2.05) is 20.8 Å². The molecule has 0 amide bonds.